The monoisotopic (exact) mass is 184 g/mol. The molecule has 0 spiro atoms. The molecule has 0 aromatic heterocycles. The van der Waals surface area contributed by atoms with E-state index in [1.54, 1.807) is 0 Å². The Morgan fingerprint density at radius 3 is 2.62 bits per heavy atom. The van der Waals surface area contributed by atoms with Gasteiger partial charge in [-0.3, -0.25) is 0 Å². The summed E-state index contributed by atoms with van der Waals surface area (Å²) in [7, 11) is 0. The number of rotatable bonds is 2. The van der Waals surface area contributed by atoms with Crippen molar-refractivity contribution in [2.24, 2.45) is 5.73 Å². The van der Waals surface area contributed by atoms with Crippen LogP contribution in [0.3, 0.4) is 0 Å². The summed E-state index contributed by atoms with van der Waals surface area (Å²) in [4.78, 5) is 0. The Balaban J connectivity index is 3.20. The third-order valence-electron chi connectivity index (χ3n) is 1.94. The SMILES string of the molecule is CCC(N)c1c(O)cc(N)cc1F. The van der Waals surface area contributed by atoms with Crippen molar-refractivity contribution >= 4 is 5.69 Å². The maximum Gasteiger partial charge on any atom is 0.133 e. The highest BCUT2D eigenvalue weighted by Gasteiger charge is 2.15. The molecule has 3 nitrogen and oxygen atoms in total. The van der Waals surface area contributed by atoms with Crippen LogP contribution in [0.1, 0.15) is 24.9 Å². The van der Waals surface area contributed by atoms with Crippen molar-refractivity contribution in [3.05, 3.63) is 23.5 Å². The summed E-state index contributed by atoms with van der Waals surface area (Å²) < 4.78 is 13.2. The lowest BCUT2D eigenvalue weighted by molar-refractivity contribution is 0.448. The van der Waals surface area contributed by atoms with Crippen LogP contribution in [0.2, 0.25) is 0 Å². The molecule has 0 saturated heterocycles. The predicted molar refractivity (Wildman–Crippen MR) is 49.7 cm³/mol. The first-order valence-electron chi connectivity index (χ1n) is 4.09. The molecule has 4 heteroatoms. The van der Waals surface area contributed by atoms with E-state index < -0.39 is 11.9 Å². The number of anilines is 1. The van der Waals surface area contributed by atoms with Crippen molar-refractivity contribution < 1.29 is 9.50 Å². The highest BCUT2D eigenvalue weighted by atomic mass is 19.1. The van der Waals surface area contributed by atoms with Crippen LogP contribution in [0.5, 0.6) is 5.75 Å². The van der Waals surface area contributed by atoms with E-state index in [-0.39, 0.29) is 17.0 Å². The van der Waals surface area contributed by atoms with Gasteiger partial charge in [0.25, 0.3) is 0 Å². The Morgan fingerprint density at radius 2 is 2.15 bits per heavy atom. The second kappa shape index (κ2) is 3.62. The topological polar surface area (TPSA) is 72.3 Å². The van der Waals surface area contributed by atoms with Gasteiger partial charge in [0.15, 0.2) is 0 Å². The first-order chi connectivity index (χ1) is 6.06. The third kappa shape index (κ3) is 1.89. The van der Waals surface area contributed by atoms with Crippen LogP contribution in [0, 0.1) is 5.82 Å². The maximum atomic E-state index is 13.2. The third-order valence-corrected chi connectivity index (χ3v) is 1.94. The fraction of sp³-hybridized carbons (Fsp3) is 0.333. The molecule has 1 aromatic rings. The highest BCUT2D eigenvalue weighted by molar-refractivity contribution is 5.49. The van der Waals surface area contributed by atoms with Gasteiger partial charge in [-0.15, -0.1) is 0 Å². The smallest absolute Gasteiger partial charge is 0.133 e. The number of phenolic OH excluding ortho intramolecular Hbond substituents is 1. The minimum Gasteiger partial charge on any atom is -0.507 e. The fourth-order valence-corrected chi connectivity index (χ4v) is 1.19. The maximum absolute atomic E-state index is 13.2. The molecule has 0 aliphatic heterocycles. The normalized spacial score (nSPS) is 12.8. The zero-order chi connectivity index (χ0) is 10.0. The van der Waals surface area contributed by atoms with Crippen LogP contribution in [-0.2, 0) is 0 Å². The molecule has 5 N–H and O–H groups in total. The number of hydrogen-bond donors (Lipinski definition) is 3. The van der Waals surface area contributed by atoms with E-state index in [2.05, 4.69) is 0 Å². The molecule has 0 heterocycles. The van der Waals surface area contributed by atoms with Gasteiger partial charge in [0, 0.05) is 23.4 Å². The second-order valence-corrected chi connectivity index (χ2v) is 2.95. The van der Waals surface area contributed by atoms with Gasteiger partial charge in [-0.25, -0.2) is 4.39 Å². The van der Waals surface area contributed by atoms with E-state index in [4.69, 9.17) is 11.5 Å². The van der Waals surface area contributed by atoms with E-state index in [0.29, 0.717) is 6.42 Å². The summed E-state index contributed by atoms with van der Waals surface area (Å²) in [6.07, 6.45) is 0.564. The van der Waals surface area contributed by atoms with Gasteiger partial charge in [0.1, 0.15) is 11.6 Å². The van der Waals surface area contributed by atoms with Gasteiger partial charge >= 0.3 is 0 Å². The van der Waals surface area contributed by atoms with Gasteiger partial charge in [0.2, 0.25) is 0 Å². The molecule has 1 atom stereocenters. The van der Waals surface area contributed by atoms with E-state index in [1.165, 1.54) is 6.07 Å². The molecule has 0 aliphatic carbocycles. The van der Waals surface area contributed by atoms with Gasteiger partial charge in [-0.05, 0) is 12.5 Å². The highest BCUT2D eigenvalue weighted by Crippen LogP contribution is 2.29. The lowest BCUT2D eigenvalue weighted by atomic mass is 10.0. The molecule has 0 fully saturated rings. The standard InChI is InChI=1S/C9H13FN2O/c1-2-7(12)9-6(10)3-5(11)4-8(9)13/h3-4,7,13H,2,11-12H2,1H3. The minimum atomic E-state index is -0.549. The molecule has 0 radical (unpaired) electrons. The predicted octanol–water partition coefficient (Wildman–Crippen LogP) is 1.52. The Labute approximate surface area is 76.2 Å². The minimum absolute atomic E-state index is 0.136. The number of benzene rings is 1. The second-order valence-electron chi connectivity index (χ2n) is 2.95. The zero-order valence-corrected chi connectivity index (χ0v) is 7.42. The van der Waals surface area contributed by atoms with Gasteiger partial charge in [-0.1, -0.05) is 6.92 Å². The molecule has 72 valence electrons. The quantitative estimate of drug-likeness (QED) is 0.610. The number of aromatic hydroxyl groups is 1. The van der Waals surface area contributed by atoms with Crippen molar-refractivity contribution in [1.82, 2.24) is 0 Å². The molecule has 0 aliphatic rings. The Bertz CT molecular complexity index is 291. The molecule has 1 unspecified atom stereocenters. The summed E-state index contributed by atoms with van der Waals surface area (Å²) >= 11 is 0. The number of halogens is 1. The molecule has 1 rings (SSSR count). The lowest BCUT2D eigenvalue weighted by Gasteiger charge is -2.12. The summed E-state index contributed by atoms with van der Waals surface area (Å²) in [6.45, 7) is 1.82. The molecule has 13 heavy (non-hydrogen) atoms. The van der Waals surface area contributed by atoms with Gasteiger partial charge < -0.3 is 16.6 Å². The van der Waals surface area contributed by atoms with Crippen LogP contribution in [0.25, 0.3) is 0 Å². The van der Waals surface area contributed by atoms with Gasteiger partial charge in [-0.2, -0.15) is 0 Å². The Hall–Kier alpha value is -1.29. The number of nitrogens with two attached hydrogens (primary N) is 2. The van der Waals surface area contributed by atoms with E-state index in [0.717, 1.165) is 6.07 Å². The van der Waals surface area contributed by atoms with Crippen LogP contribution >= 0.6 is 0 Å². The summed E-state index contributed by atoms with van der Waals surface area (Å²) in [5.74, 6) is -0.723. The molecule has 0 bridgehead atoms. The molecule has 0 saturated carbocycles. The van der Waals surface area contributed by atoms with E-state index >= 15 is 0 Å². The molecule has 1 aromatic carbocycles. The average molecular weight is 184 g/mol. The van der Waals surface area contributed by atoms with Crippen molar-refractivity contribution in [2.75, 3.05) is 5.73 Å². The fourth-order valence-electron chi connectivity index (χ4n) is 1.19. The first kappa shape index (κ1) is 9.80. The zero-order valence-electron chi connectivity index (χ0n) is 7.42. The lowest BCUT2D eigenvalue weighted by Crippen LogP contribution is -2.11. The van der Waals surface area contributed by atoms with Crippen LogP contribution in [0.4, 0.5) is 10.1 Å². The van der Waals surface area contributed by atoms with Crippen molar-refractivity contribution in [3.63, 3.8) is 0 Å². The summed E-state index contributed by atoms with van der Waals surface area (Å²) in [5, 5.41) is 9.37. The van der Waals surface area contributed by atoms with Crippen LogP contribution in [-0.4, -0.2) is 5.11 Å². The largest absolute Gasteiger partial charge is 0.507 e. The van der Waals surface area contributed by atoms with Crippen LogP contribution in [0.15, 0.2) is 12.1 Å². The van der Waals surface area contributed by atoms with Crippen LogP contribution < -0.4 is 11.5 Å². The van der Waals surface area contributed by atoms with Crippen molar-refractivity contribution in [1.29, 1.82) is 0 Å². The Kier molecular flexibility index (Phi) is 2.72. The number of phenols is 1. The van der Waals surface area contributed by atoms with Crippen molar-refractivity contribution in [3.8, 4) is 5.75 Å². The number of nitrogen functional groups attached to an aromatic ring is 1. The molecular weight excluding hydrogens is 171 g/mol. The first-order valence-corrected chi connectivity index (χ1v) is 4.09. The van der Waals surface area contributed by atoms with Gasteiger partial charge in [0.05, 0.1) is 0 Å². The van der Waals surface area contributed by atoms with E-state index in [1.807, 2.05) is 6.92 Å². The summed E-state index contributed by atoms with van der Waals surface area (Å²) in [5.41, 5.74) is 11.3. The Morgan fingerprint density at radius 1 is 1.54 bits per heavy atom. The molecular formula is C9H13FN2O. The molecule has 0 amide bonds. The average Bonchev–Trinajstić information content (AvgIpc) is 2.02. The van der Waals surface area contributed by atoms with Crippen molar-refractivity contribution in [2.45, 2.75) is 19.4 Å². The number of hydrogen-bond acceptors (Lipinski definition) is 3. The van der Waals surface area contributed by atoms with E-state index in [9.17, 15) is 9.50 Å². The summed E-state index contributed by atoms with van der Waals surface area (Å²) in [6, 6.07) is 1.97.